The van der Waals surface area contributed by atoms with Gasteiger partial charge in [-0.1, -0.05) is 42.5 Å². The molecule has 8 aromatic rings. The molecule has 12 nitrogen and oxygen atoms in total. The second-order valence-corrected chi connectivity index (χ2v) is 20.3. The topological polar surface area (TPSA) is 163 Å². The van der Waals surface area contributed by atoms with Crippen molar-refractivity contribution in [2.24, 2.45) is 0 Å². The number of furan rings is 1. The van der Waals surface area contributed by atoms with Crippen LogP contribution in [0.5, 0.6) is 0 Å². The molecule has 2 aromatic carbocycles. The van der Waals surface area contributed by atoms with Gasteiger partial charge in [-0.05, 0) is 132 Å². The molecule has 0 amide bonds. The predicted octanol–water partition coefficient (Wildman–Crippen LogP) is 11.1. The number of hydrogen-bond donors (Lipinski definition) is 1. The van der Waals surface area contributed by atoms with Gasteiger partial charge in [0.2, 0.25) is 5.90 Å². The fourth-order valence-corrected chi connectivity index (χ4v) is 10.9. The molecule has 60 heavy (non-hydrogen) atoms. The Labute approximate surface area is 396 Å². The molecule has 0 bridgehead atoms. The lowest BCUT2D eigenvalue weighted by molar-refractivity contribution is 0.325. The van der Waals surface area contributed by atoms with Crippen molar-refractivity contribution in [2.45, 2.75) is 23.1 Å². The van der Waals surface area contributed by atoms with Crippen LogP contribution >= 0.6 is 89.4 Å². The lowest BCUT2D eigenvalue weighted by Gasteiger charge is -2.08. The summed E-state index contributed by atoms with van der Waals surface area (Å²) in [7, 11) is -7.46. The molecule has 0 radical (unpaired) electrons. The molecule has 9 rings (SSSR count). The number of benzene rings is 2. The normalized spacial score (nSPS) is 12.1. The molecule has 308 valence electrons. The van der Waals surface area contributed by atoms with E-state index < -0.39 is 20.0 Å². The SMILES string of the molecule is Brc1cnc2c(c1)C(I)=CC2.CCOC(=N)c1cnc2c(c1)c(-c1ccoc1)cn2S(=O)(=O)c1ccccc1.Cl.O=S(=O)(c1ccccc1)n1cc(I)c2cc(Br)cnc21. The molecule has 0 fully saturated rings. The molecule has 0 atom stereocenters. The Hall–Kier alpha value is -3.93. The maximum Gasteiger partial charge on any atom is 0.269 e. The third-order valence-electron chi connectivity index (χ3n) is 8.79. The number of nitrogens with one attached hydrogen (secondary N) is 1. The highest BCUT2D eigenvalue weighted by Gasteiger charge is 2.24. The van der Waals surface area contributed by atoms with Crippen LogP contribution in [0.3, 0.4) is 0 Å². The van der Waals surface area contributed by atoms with E-state index in [1.165, 1.54) is 55.9 Å². The van der Waals surface area contributed by atoms with Crippen LogP contribution in [0.15, 0.2) is 158 Å². The second-order valence-electron chi connectivity index (χ2n) is 12.5. The van der Waals surface area contributed by atoms with Crippen molar-refractivity contribution in [2.75, 3.05) is 6.61 Å². The second kappa shape index (κ2) is 19.4. The molecule has 0 unspecified atom stereocenters. The van der Waals surface area contributed by atoms with Gasteiger partial charge in [0.15, 0.2) is 11.3 Å². The van der Waals surface area contributed by atoms with E-state index in [-0.39, 0.29) is 33.7 Å². The molecular formula is C41H31Br2ClI2N6O6S2. The smallest absolute Gasteiger partial charge is 0.269 e. The summed E-state index contributed by atoms with van der Waals surface area (Å²) in [6.07, 6.45) is 14.2. The minimum absolute atomic E-state index is 0. The van der Waals surface area contributed by atoms with Crippen LogP contribution in [0.25, 0.3) is 36.8 Å². The Morgan fingerprint density at radius 1 is 0.783 bits per heavy atom. The largest absolute Gasteiger partial charge is 0.478 e. The quantitative estimate of drug-likeness (QED) is 0.0929. The molecule has 0 saturated heterocycles. The Morgan fingerprint density at radius 2 is 1.37 bits per heavy atom. The third-order valence-corrected chi connectivity index (χ3v) is 14.9. The predicted molar refractivity (Wildman–Crippen MR) is 259 cm³/mol. The first-order valence-corrected chi connectivity index (χ1v) is 24.1. The third kappa shape index (κ3) is 9.58. The Morgan fingerprint density at radius 3 is 1.98 bits per heavy atom. The maximum atomic E-state index is 13.2. The van der Waals surface area contributed by atoms with Crippen LogP contribution < -0.4 is 0 Å². The standard InChI is InChI=1S/C20H17N3O4S.C13H8BrIN2O2S.C8H5BrIN.ClH/c1-2-27-19(21)15-10-17-18(14-8-9-26-13-14)12-23(20(17)22-11-15)28(24,25)16-6-4-3-5-7-16;14-9-6-11-12(15)8-17(13(11)16-7-9)20(18,19)10-4-2-1-3-5-10;9-5-3-6-7(10)1-2-8(6)11-4-5;/h3-13,21H,2H2,1H3;1-8H;1,3-4H,2H2;1H. The van der Waals surface area contributed by atoms with Gasteiger partial charge in [0.25, 0.3) is 20.0 Å². The molecule has 6 aromatic heterocycles. The molecule has 0 spiro atoms. The Bertz CT molecular complexity index is 3100. The summed E-state index contributed by atoms with van der Waals surface area (Å²) in [5, 5.41) is 9.40. The van der Waals surface area contributed by atoms with Crippen molar-refractivity contribution in [3.63, 3.8) is 0 Å². The van der Waals surface area contributed by atoms with E-state index in [1.54, 1.807) is 80.0 Å². The number of fused-ring (bicyclic) bond motifs is 3. The highest BCUT2D eigenvalue weighted by Crippen LogP contribution is 2.34. The number of nitrogens with zero attached hydrogens (tertiary/aromatic N) is 5. The molecule has 1 aliphatic carbocycles. The number of halogens is 5. The van der Waals surface area contributed by atoms with E-state index >= 15 is 0 Å². The van der Waals surface area contributed by atoms with Gasteiger partial charge in [-0.25, -0.2) is 34.7 Å². The number of aromatic nitrogens is 5. The van der Waals surface area contributed by atoms with E-state index in [4.69, 9.17) is 14.6 Å². The number of rotatable bonds is 7. The van der Waals surface area contributed by atoms with Crippen LogP contribution in [0.2, 0.25) is 0 Å². The van der Waals surface area contributed by atoms with E-state index in [9.17, 15) is 16.8 Å². The van der Waals surface area contributed by atoms with Crippen molar-refractivity contribution in [3.05, 3.63) is 164 Å². The minimum Gasteiger partial charge on any atom is -0.478 e. The average molecular weight is 1220 g/mol. The summed E-state index contributed by atoms with van der Waals surface area (Å²) < 4.78 is 68.5. The monoisotopic (exact) mass is 1210 g/mol. The zero-order chi connectivity index (χ0) is 41.9. The van der Waals surface area contributed by atoms with Gasteiger partial charge in [0.05, 0.1) is 40.2 Å². The fourth-order valence-electron chi connectivity index (χ4n) is 6.01. The van der Waals surface area contributed by atoms with Crippen molar-refractivity contribution in [3.8, 4) is 11.1 Å². The first-order chi connectivity index (χ1) is 28.3. The summed E-state index contributed by atoms with van der Waals surface area (Å²) in [5.41, 5.74) is 5.00. The van der Waals surface area contributed by atoms with E-state index in [0.717, 1.165) is 28.3 Å². The van der Waals surface area contributed by atoms with Gasteiger partial charge in [0.1, 0.15) is 0 Å². The number of allylic oxidation sites excluding steroid dienone is 1. The lowest BCUT2D eigenvalue weighted by Crippen LogP contribution is -2.12. The van der Waals surface area contributed by atoms with Gasteiger partial charge < -0.3 is 9.15 Å². The van der Waals surface area contributed by atoms with Gasteiger partial charge in [-0.2, -0.15) is 0 Å². The summed E-state index contributed by atoms with van der Waals surface area (Å²) in [5.74, 6) is -0.0197. The summed E-state index contributed by atoms with van der Waals surface area (Å²) in [6.45, 7) is 2.15. The molecule has 6 heterocycles. The summed E-state index contributed by atoms with van der Waals surface area (Å²) in [6, 6.07) is 24.0. The zero-order valence-corrected chi connectivity index (χ0v) is 41.0. The Kier molecular flexibility index (Phi) is 14.8. The van der Waals surface area contributed by atoms with Crippen molar-refractivity contribution >= 4 is 141 Å². The van der Waals surface area contributed by atoms with Gasteiger partial charge in [-0.15, -0.1) is 12.4 Å². The summed E-state index contributed by atoms with van der Waals surface area (Å²) >= 11 is 11.2. The van der Waals surface area contributed by atoms with Gasteiger partial charge in [-0.3, -0.25) is 10.4 Å². The first kappa shape index (κ1) is 45.6. The fraction of sp³-hybridized carbons (Fsp3) is 0.0732. The highest BCUT2D eigenvalue weighted by atomic mass is 127. The van der Waals surface area contributed by atoms with Crippen molar-refractivity contribution in [1.29, 1.82) is 5.41 Å². The van der Waals surface area contributed by atoms with Crippen LogP contribution in [-0.2, 0) is 31.2 Å². The number of ether oxygens (including phenoxy) is 1. The van der Waals surface area contributed by atoms with Crippen LogP contribution in [0.1, 0.15) is 23.7 Å². The molecule has 0 saturated carbocycles. The molecule has 1 aliphatic rings. The van der Waals surface area contributed by atoms with Gasteiger partial charge >= 0.3 is 0 Å². The number of pyridine rings is 3. The minimum atomic E-state index is -3.84. The van der Waals surface area contributed by atoms with E-state index in [0.29, 0.717) is 34.3 Å². The zero-order valence-electron chi connectivity index (χ0n) is 31.0. The van der Waals surface area contributed by atoms with Gasteiger partial charge in [0, 0.05) is 81.0 Å². The van der Waals surface area contributed by atoms with E-state index in [1.807, 2.05) is 12.3 Å². The summed E-state index contributed by atoms with van der Waals surface area (Å²) in [4.78, 5) is 13.3. The lowest BCUT2D eigenvalue weighted by atomic mass is 10.1. The van der Waals surface area contributed by atoms with E-state index in [2.05, 4.69) is 104 Å². The average Bonchev–Trinajstić information content (AvgIpc) is 4.05. The van der Waals surface area contributed by atoms with Crippen LogP contribution in [0.4, 0.5) is 0 Å². The highest BCUT2D eigenvalue weighted by molar-refractivity contribution is 14.1. The Balaban J connectivity index is 0.000000164. The first-order valence-electron chi connectivity index (χ1n) is 17.5. The van der Waals surface area contributed by atoms with Crippen LogP contribution in [-0.4, -0.2) is 52.2 Å². The molecule has 1 N–H and O–H groups in total. The maximum absolute atomic E-state index is 13.2. The van der Waals surface area contributed by atoms with Crippen molar-refractivity contribution in [1.82, 2.24) is 22.9 Å². The number of hydrogen-bond acceptors (Lipinski definition) is 10. The molecule has 19 heteroatoms. The molecule has 0 aliphatic heterocycles. The molecular weight excluding hydrogens is 1190 g/mol. The van der Waals surface area contributed by atoms with Crippen molar-refractivity contribution < 1.29 is 26.0 Å². The van der Waals surface area contributed by atoms with Crippen LogP contribution in [0, 0.1) is 8.98 Å².